The van der Waals surface area contributed by atoms with E-state index in [1.807, 2.05) is 13.8 Å². The van der Waals surface area contributed by atoms with Crippen molar-refractivity contribution in [3.8, 4) is 5.75 Å². The summed E-state index contributed by atoms with van der Waals surface area (Å²) in [5.41, 5.74) is 0.366. The van der Waals surface area contributed by atoms with Crippen LogP contribution in [0.15, 0.2) is 18.5 Å². The Hall–Kier alpha value is -1.58. The van der Waals surface area contributed by atoms with E-state index in [0.29, 0.717) is 11.3 Å². The van der Waals surface area contributed by atoms with E-state index in [-0.39, 0.29) is 12.2 Å². The lowest BCUT2D eigenvalue weighted by Crippen LogP contribution is -2.15. The Bertz CT molecular complexity index is 361. The molecule has 0 aliphatic heterocycles. The smallest absolute Gasteiger partial charge is 0.343 e. The standard InChI is InChI=1S/C12H17NO3/c1-8(2)15-11-5-6-13-7-10(11)12(14)16-9(3)4/h5-9H,1-4H3. The first-order chi connectivity index (χ1) is 7.50. The second-order valence-corrected chi connectivity index (χ2v) is 3.99. The Morgan fingerprint density at radius 2 is 1.94 bits per heavy atom. The average molecular weight is 223 g/mol. The molecule has 0 spiro atoms. The molecule has 0 atom stereocenters. The molecule has 1 aromatic rings. The molecule has 1 rings (SSSR count). The van der Waals surface area contributed by atoms with Gasteiger partial charge in [0.2, 0.25) is 0 Å². The van der Waals surface area contributed by atoms with Gasteiger partial charge in [0.05, 0.1) is 12.2 Å². The quantitative estimate of drug-likeness (QED) is 0.735. The van der Waals surface area contributed by atoms with Crippen molar-refractivity contribution in [2.45, 2.75) is 39.9 Å². The van der Waals surface area contributed by atoms with Crippen LogP contribution in [-0.4, -0.2) is 23.2 Å². The summed E-state index contributed by atoms with van der Waals surface area (Å²) in [5.74, 6) is 0.106. The molecular formula is C12H17NO3. The zero-order valence-corrected chi connectivity index (χ0v) is 10.1. The lowest BCUT2D eigenvalue weighted by atomic mass is 10.2. The number of nitrogens with zero attached hydrogens (tertiary/aromatic N) is 1. The lowest BCUT2D eigenvalue weighted by molar-refractivity contribution is 0.0371. The zero-order chi connectivity index (χ0) is 12.1. The van der Waals surface area contributed by atoms with Crippen molar-refractivity contribution >= 4 is 5.97 Å². The molecule has 88 valence electrons. The third-order valence-corrected chi connectivity index (χ3v) is 1.71. The van der Waals surface area contributed by atoms with Crippen LogP contribution < -0.4 is 4.74 Å². The summed E-state index contributed by atoms with van der Waals surface area (Å²) in [6.07, 6.45) is 2.90. The Morgan fingerprint density at radius 1 is 1.25 bits per heavy atom. The molecule has 4 nitrogen and oxygen atoms in total. The summed E-state index contributed by atoms with van der Waals surface area (Å²) in [4.78, 5) is 15.6. The molecule has 1 heterocycles. The maximum absolute atomic E-state index is 11.7. The van der Waals surface area contributed by atoms with Crippen molar-refractivity contribution in [1.82, 2.24) is 4.98 Å². The minimum absolute atomic E-state index is 0.00741. The van der Waals surface area contributed by atoms with Gasteiger partial charge >= 0.3 is 5.97 Å². The Balaban J connectivity index is 2.89. The Labute approximate surface area is 95.6 Å². The molecule has 0 aliphatic rings. The second-order valence-electron chi connectivity index (χ2n) is 3.99. The van der Waals surface area contributed by atoms with E-state index in [1.54, 1.807) is 26.1 Å². The minimum Gasteiger partial charge on any atom is -0.490 e. The third-order valence-electron chi connectivity index (χ3n) is 1.71. The normalized spacial score (nSPS) is 10.6. The number of rotatable bonds is 4. The summed E-state index contributed by atoms with van der Waals surface area (Å²) < 4.78 is 10.6. The largest absolute Gasteiger partial charge is 0.490 e. The van der Waals surface area contributed by atoms with Crippen LogP contribution in [0.5, 0.6) is 5.75 Å². The Morgan fingerprint density at radius 3 is 2.50 bits per heavy atom. The molecule has 0 aromatic carbocycles. The van der Waals surface area contributed by atoms with Crippen molar-refractivity contribution in [3.05, 3.63) is 24.0 Å². The summed E-state index contributed by atoms with van der Waals surface area (Å²) in [6, 6.07) is 1.66. The molecule has 4 heteroatoms. The highest BCUT2D eigenvalue weighted by Crippen LogP contribution is 2.19. The Kier molecular flexibility index (Phi) is 4.28. The average Bonchev–Trinajstić information content (AvgIpc) is 2.16. The predicted octanol–water partition coefficient (Wildman–Crippen LogP) is 2.43. The van der Waals surface area contributed by atoms with Crippen LogP contribution in [-0.2, 0) is 4.74 Å². The van der Waals surface area contributed by atoms with Crippen molar-refractivity contribution in [1.29, 1.82) is 0 Å². The number of esters is 1. The maximum atomic E-state index is 11.7. The molecule has 0 fully saturated rings. The van der Waals surface area contributed by atoms with E-state index in [4.69, 9.17) is 9.47 Å². The highest BCUT2D eigenvalue weighted by Gasteiger charge is 2.16. The van der Waals surface area contributed by atoms with Crippen LogP contribution >= 0.6 is 0 Å². The van der Waals surface area contributed by atoms with Crippen LogP contribution in [0.4, 0.5) is 0 Å². The number of aromatic nitrogens is 1. The molecule has 1 aromatic heterocycles. The molecule has 0 saturated heterocycles. The minimum atomic E-state index is -0.404. The van der Waals surface area contributed by atoms with Gasteiger partial charge in [0.1, 0.15) is 11.3 Å². The molecule has 0 unspecified atom stereocenters. The monoisotopic (exact) mass is 223 g/mol. The van der Waals surface area contributed by atoms with E-state index in [1.165, 1.54) is 6.20 Å². The van der Waals surface area contributed by atoms with Crippen LogP contribution in [0.2, 0.25) is 0 Å². The topological polar surface area (TPSA) is 48.4 Å². The molecule has 0 amide bonds. The first-order valence-corrected chi connectivity index (χ1v) is 5.32. The first-order valence-electron chi connectivity index (χ1n) is 5.32. The maximum Gasteiger partial charge on any atom is 0.343 e. The van der Waals surface area contributed by atoms with Crippen LogP contribution in [0, 0.1) is 0 Å². The molecule has 0 N–H and O–H groups in total. The number of hydrogen-bond donors (Lipinski definition) is 0. The van der Waals surface area contributed by atoms with Crippen LogP contribution in [0.3, 0.4) is 0 Å². The van der Waals surface area contributed by atoms with E-state index in [0.717, 1.165) is 0 Å². The van der Waals surface area contributed by atoms with Crippen LogP contribution in [0.1, 0.15) is 38.1 Å². The van der Waals surface area contributed by atoms with Gasteiger partial charge in [-0.2, -0.15) is 0 Å². The van der Waals surface area contributed by atoms with Crippen molar-refractivity contribution in [2.75, 3.05) is 0 Å². The number of carbonyl (C=O) groups is 1. The van der Waals surface area contributed by atoms with Crippen LogP contribution in [0.25, 0.3) is 0 Å². The van der Waals surface area contributed by atoms with Gasteiger partial charge in [0, 0.05) is 12.4 Å². The summed E-state index contributed by atoms with van der Waals surface area (Å²) in [7, 11) is 0. The van der Waals surface area contributed by atoms with Gasteiger partial charge in [0.15, 0.2) is 0 Å². The molecular weight excluding hydrogens is 206 g/mol. The number of ether oxygens (including phenoxy) is 2. The summed E-state index contributed by atoms with van der Waals surface area (Å²) in [6.45, 7) is 7.41. The van der Waals surface area contributed by atoms with Gasteiger partial charge in [-0.1, -0.05) is 0 Å². The molecule has 0 saturated carbocycles. The van der Waals surface area contributed by atoms with E-state index in [2.05, 4.69) is 4.98 Å². The van der Waals surface area contributed by atoms with Crippen molar-refractivity contribution in [2.24, 2.45) is 0 Å². The van der Waals surface area contributed by atoms with E-state index in [9.17, 15) is 4.79 Å². The SMILES string of the molecule is CC(C)OC(=O)c1cnccc1OC(C)C. The summed E-state index contributed by atoms with van der Waals surface area (Å²) >= 11 is 0. The highest BCUT2D eigenvalue weighted by atomic mass is 16.5. The van der Waals surface area contributed by atoms with E-state index >= 15 is 0 Å². The third kappa shape index (κ3) is 3.53. The number of carbonyl (C=O) groups excluding carboxylic acids is 1. The van der Waals surface area contributed by atoms with Crippen molar-refractivity contribution in [3.63, 3.8) is 0 Å². The zero-order valence-electron chi connectivity index (χ0n) is 10.1. The highest BCUT2D eigenvalue weighted by molar-refractivity contribution is 5.92. The molecule has 0 bridgehead atoms. The number of hydrogen-bond acceptors (Lipinski definition) is 4. The number of pyridine rings is 1. The summed E-state index contributed by atoms with van der Waals surface area (Å²) in [5, 5.41) is 0. The fraction of sp³-hybridized carbons (Fsp3) is 0.500. The van der Waals surface area contributed by atoms with Gasteiger partial charge in [-0.05, 0) is 33.8 Å². The fourth-order valence-electron chi connectivity index (χ4n) is 1.17. The van der Waals surface area contributed by atoms with Gasteiger partial charge in [-0.3, -0.25) is 4.98 Å². The van der Waals surface area contributed by atoms with Crippen molar-refractivity contribution < 1.29 is 14.3 Å². The van der Waals surface area contributed by atoms with E-state index < -0.39 is 5.97 Å². The second kappa shape index (κ2) is 5.49. The molecule has 0 radical (unpaired) electrons. The predicted molar refractivity (Wildman–Crippen MR) is 60.6 cm³/mol. The fourth-order valence-corrected chi connectivity index (χ4v) is 1.17. The van der Waals surface area contributed by atoms with Gasteiger partial charge in [0.25, 0.3) is 0 Å². The molecule has 16 heavy (non-hydrogen) atoms. The van der Waals surface area contributed by atoms with Gasteiger partial charge < -0.3 is 9.47 Å². The molecule has 0 aliphatic carbocycles. The first kappa shape index (κ1) is 12.5. The lowest BCUT2D eigenvalue weighted by Gasteiger charge is -2.14. The van der Waals surface area contributed by atoms with Gasteiger partial charge in [-0.15, -0.1) is 0 Å². The van der Waals surface area contributed by atoms with Gasteiger partial charge in [-0.25, -0.2) is 4.79 Å².